The zero-order chi connectivity index (χ0) is 22.6. The number of hydrogen-bond donors (Lipinski definition) is 3. The number of benzene rings is 2. The molecular weight excluding hydrogens is 485 g/mol. The molecule has 1 aromatic heterocycles. The Balaban J connectivity index is 1.93. The van der Waals surface area contributed by atoms with Crippen LogP contribution in [0.1, 0.15) is 12.8 Å². The fourth-order valence-corrected chi connectivity index (χ4v) is 6.54. The summed E-state index contributed by atoms with van der Waals surface area (Å²) >= 11 is 12.4. The lowest BCUT2D eigenvalue weighted by molar-refractivity contribution is 0.113. The average Bonchev–Trinajstić information content (AvgIpc) is 3.10. The van der Waals surface area contributed by atoms with Crippen LogP contribution in [0.4, 0.5) is 0 Å². The summed E-state index contributed by atoms with van der Waals surface area (Å²) in [5, 5.41) is 16.3. The Morgan fingerprint density at radius 3 is 2.32 bits per heavy atom. The SMILES string of the molecule is NS(=O)(=O)c1ccc(S(=O)(=O)N2CCC(O)CC2)cc1-c1ccc(Cl)c2c(Cl)c[nH]c12. The van der Waals surface area contributed by atoms with Crippen molar-refractivity contribution in [2.45, 2.75) is 28.7 Å². The molecule has 166 valence electrons. The predicted octanol–water partition coefficient (Wildman–Crippen LogP) is 2.93. The van der Waals surface area contributed by atoms with Crippen LogP contribution in [0.3, 0.4) is 0 Å². The maximum absolute atomic E-state index is 13.2. The summed E-state index contributed by atoms with van der Waals surface area (Å²) in [7, 11) is -8.08. The third kappa shape index (κ3) is 4.09. The van der Waals surface area contributed by atoms with Gasteiger partial charge >= 0.3 is 0 Å². The highest BCUT2D eigenvalue weighted by atomic mass is 35.5. The minimum atomic E-state index is -4.17. The second-order valence-electron chi connectivity index (χ2n) is 7.32. The number of aliphatic hydroxyl groups is 1. The molecule has 2 heterocycles. The molecule has 31 heavy (non-hydrogen) atoms. The minimum Gasteiger partial charge on any atom is -0.393 e. The number of H-pyrrole nitrogens is 1. The summed E-state index contributed by atoms with van der Waals surface area (Å²) in [4.78, 5) is 2.66. The van der Waals surface area contributed by atoms with E-state index in [9.17, 15) is 21.9 Å². The number of aromatic nitrogens is 1. The van der Waals surface area contributed by atoms with Crippen LogP contribution in [0.15, 0.2) is 46.3 Å². The summed E-state index contributed by atoms with van der Waals surface area (Å²) in [6.45, 7) is 0.348. The van der Waals surface area contributed by atoms with Gasteiger partial charge in [-0.2, -0.15) is 4.31 Å². The maximum atomic E-state index is 13.2. The number of nitrogens with two attached hydrogens (primary N) is 1. The Bertz CT molecular complexity index is 1380. The molecule has 2 aromatic carbocycles. The van der Waals surface area contributed by atoms with Crippen molar-refractivity contribution in [3.63, 3.8) is 0 Å². The molecule has 0 spiro atoms. The van der Waals surface area contributed by atoms with Gasteiger partial charge in [-0.3, -0.25) is 0 Å². The summed E-state index contributed by atoms with van der Waals surface area (Å²) in [6.07, 6.45) is 1.64. The van der Waals surface area contributed by atoms with Crippen LogP contribution in [0.5, 0.6) is 0 Å². The van der Waals surface area contributed by atoms with E-state index in [1.807, 2.05) is 0 Å². The van der Waals surface area contributed by atoms with E-state index >= 15 is 0 Å². The summed E-state index contributed by atoms with van der Waals surface area (Å²) < 4.78 is 52.1. The molecule has 8 nitrogen and oxygen atoms in total. The molecule has 0 aliphatic carbocycles. The number of hydrogen-bond acceptors (Lipinski definition) is 5. The Kier molecular flexibility index (Phi) is 5.84. The fourth-order valence-electron chi connectivity index (χ4n) is 3.75. The standard InChI is InChI=1S/C19H19Cl2N3O5S2/c20-15-3-2-13(19-18(15)16(21)10-23-19)14-9-12(1-4-17(14)30(22,26)27)31(28,29)24-7-5-11(25)6-8-24/h1-4,9-11,23,25H,5-8H2,(H2,22,26,27). The van der Waals surface area contributed by atoms with E-state index in [0.29, 0.717) is 39.4 Å². The lowest BCUT2D eigenvalue weighted by Gasteiger charge is -2.29. The van der Waals surface area contributed by atoms with Crippen LogP contribution < -0.4 is 5.14 Å². The molecule has 1 fully saturated rings. The normalized spacial score (nSPS) is 16.8. The van der Waals surface area contributed by atoms with Gasteiger partial charge in [0.15, 0.2) is 0 Å². The molecule has 0 amide bonds. The van der Waals surface area contributed by atoms with Gasteiger partial charge in [0.1, 0.15) is 0 Å². The Morgan fingerprint density at radius 2 is 1.68 bits per heavy atom. The molecule has 0 bridgehead atoms. The molecule has 4 N–H and O–H groups in total. The second-order valence-corrected chi connectivity index (χ2v) is 11.6. The van der Waals surface area contributed by atoms with Gasteiger partial charge in [0.25, 0.3) is 0 Å². The number of nitrogens with one attached hydrogen (secondary N) is 1. The molecule has 12 heteroatoms. The summed E-state index contributed by atoms with van der Waals surface area (Å²) in [5.41, 5.74) is 0.959. The smallest absolute Gasteiger partial charge is 0.243 e. The van der Waals surface area contributed by atoms with Gasteiger partial charge in [-0.25, -0.2) is 22.0 Å². The Hall–Kier alpha value is -1.66. The van der Waals surface area contributed by atoms with Crippen LogP contribution >= 0.6 is 23.2 Å². The highest BCUT2D eigenvalue weighted by molar-refractivity contribution is 7.89. The molecule has 0 atom stereocenters. The van der Waals surface area contributed by atoms with E-state index < -0.39 is 26.2 Å². The van der Waals surface area contributed by atoms with Gasteiger partial charge in [-0.15, -0.1) is 0 Å². The average molecular weight is 504 g/mol. The first-order valence-electron chi connectivity index (χ1n) is 9.30. The lowest BCUT2D eigenvalue weighted by Crippen LogP contribution is -2.40. The van der Waals surface area contributed by atoms with Gasteiger partial charge in [0.2, 0.25) is 20.0 Å². The third-order valence-corrected chi connectivity index (χ3v) is 8.82. The van der Waals surface area contributed by atoms with Gasteiger partial charge in [-0.1, -0.05) is 29.3 Å². The predicted molar refractivity (Wildman–Crippen MR) is 119 cm³/mol. The first kappa shape index (κ1) is 22.5. The number of aromatic amines is 1. The zero-order valence-electron chi connectivity index (χ0n) is 16.0. The topological polar surface area (TPSA) is 134 Å². The monoisotopic (exact) mass is 503 g/mol. The maximum Gasteiger partial charge on any atom is 0.243 e. The molecule has 0 unspecified atom stereocenters. The van der Waals surface area contributed by atoms with Crippen molar-refractivity contribution >= 4 is 54.2 Å². The van der Waals surface area contributed by atoms with Gasteiger partial charge in [0, 0.05) is 35.8 Å². The molecular formula is C19H19Cl2N3O5S2. The van der Waals surface area contributed by atoms with Crippen LogP contribution in [0.2, 0.25) is 10.0 Å². The van der Waals surface area contributed by atoms with Gasteiger partial charge in [0.05, 0.1) is 31.5 Å². The van der Waals surface area contributed by atoms with Crippen molar-refractivity contribution in [2.75, 3.05) is 13.1 Å². The molecule has 3 aromatic rings. The van der Waals surface area contributed by atoms with Crippen molar-refractivity contribution in [1.82, 2.24) is 9.29 Å². The summed E-state index contributed by atoms with van der Waals surface area (Å²) in [6, 6.07) is 6.82. The number of rotatable bonds is 4. The first-order chi connectivity index (χ1) is 14.5. The lowest BCUT2D eigenvalue weighted by atomic mass is 10.0. The summed E-state index contributed by atoms with van der Waals surface area (Å²) in [5.74, 6) is 0. The van der Waals surface area contributed by atoms with Crippen molar-refractivity contribution in [3.05, 3.63) is 46.6 Å². The van der Waals surface area contributed by atoms with Crippen LogP contribution in [-0.2, 0) is 20.0 Å². The van der Waals surface area contributed by atoms with Crippen LogP contribution in [-0.4, -0.2) is 50.4 Å². The van der Waals surface area contributed by atoms with E-state index in [4.69, 9.17) is 28.3 Å². The van der Waals surface area contributed by atoms with E-state index in [-0.39, 0.29) is 28.4 Å². The highest BCUT2D eigenvalue weighted by Crippen LogP contribution is 2.39. The van der Waals surface area contributed by atoms with Crippen molar-refractivity contribution in [3.8, 4) is 11.1 Å². The van der Waals surface area contributed by atoms with Gasteiger partial charge < -0.3 is 10.1 Å². The minimum absolute atomic E-state index is 0.0768. The quantitative estimate of drug-likeness (QED) is 0.503. The molecule has 4 rings (SSSR count). The van der Waals surface area contributed by atoms with Crippen molar-refractivity contribution in [1.29, 1.82) is 0 Å². The fraction of sp³-hybridized carbons (Fsp3) is 0.263. The number of primary sulfonamides is 1. The highest BCUT2D eigenvalue weighted by Gasteiger charge is 2.30. The van der Waals surface area contributed by atoms with E-state index in [0.717, 1.165) is 0 Å². The number of piperidine rings is 1. The van der Waals surface area contributed by atoms with Gasteiger partial charge in [-0.05, 0) is 37.1 Å². The molecule has 1 aliphatic heterocycles. The van der Waals surface area contributed by atoms with Crippen LogP contribution in [0.25, 0.3) is 22.0 Å². The number of sulfonamides is 2. The third-order valence-electron chi connectivity index (χ3n) is 5.35. The largest absolute Gasteiger partial charge is 0.393 e. The molecule has 0 radical (unpaired) electrons. The second kappa shape index (κ2) is 8.04. The Morgan fingerprint density at radius 1 is 1.00 bits per heavy atom. The number of halogens is 2. The number of nitrogens with zero attached hydrogens (tertiary/aromatic N) is 1. The van der Waals surface area contributed by atoms with E-state index in [1.165, 1.54) is 28.7 Å². The number of aliphatic hydroxyl groups excluding tert-OH is 1. The Labute approximate surface area is 189 Å². The number of fused-ring (bicyclic) bond motifs is 1. The molecule has 1 saturated heterocycles. The van der Waals surface area contributed by atoms with Crippen LogP contribution in [0, 0.1) is 0 Å². The van der Waals surface area contributed by atoms with Crippen molar-refractivity contribution in [2.24, 2.45) is 5.14 Å². The molecule has 1 aliphatic rings. The van der Waals surface area contributed by atoms with Crippen molar-refractivity contribution < 1.29 is 21.9 Å². The van der Waals surface area contributed by atoms with E-state index in [1.54, 1.807) is 12.1 Å². The first-order valence-corrected chi connectivity index (χ1v) is 13.0. The molecule has 0 saturated carbocycles. The van der Waals surface area contributed by atoms with E-state index in [2.05, 4.69) is 4.98 Å². The zero-order valence-corrected chi connectivity index (χ0v) is 19.2.